The molecule has 0 aliphatic heterocycles. The summed E-state index contributed by atoms with van der Waals surface area (Å²) in [6, 6.07) is 4.19. The summed E-state index contributed by atoms with van der Waals surface area (Å²) < 4.78 is 18.0. The van der Waals surface area contributed by atoms with E-state index in [1.165, 1.54) is 12.1 Å². The molecule has 0 spiro atoms. The van der Waals surface area contributed by atoms with Gasteiger partial charge in [0.1, 0.15) is 16.7 Å². The third-order valence-electron chi connectivity index (χ3n) is 1.71. The van der Waals surface area contributed by atoms with E-state index >= 15 is 0 Å². The molecule has 1 aromatic carbocycles. The summed E-state index contributed by atoms with van der Waals surface area (Å²) >= 11 is 5.76. The number of hydrogen-bond donors (Lipinski definition) is 0. The lowest BCUT2D eigenvalue weighted by Gasteiger charge is -1.91. The second-order valence-electron chi connectivity index (χ2n) is 2.78. The first-order valence-corrected chi connectivity index (χ1v) is 4.30. The van der Waals surface area contributed by atoms with Gasteiger partial charge >= 0.3 is 0 Å². The third-order valence-corrected chi connectivity index (χ3v) is 1.89. The normalized spacial score (nSPS) is 13.5. The number of rotatable bonds is 1. The maximum absolute atomic E-state index is 12.7. The summed E-state index contributed by atoms with van der Waals surface area (Å²) in [7, 11) is 0. The molecule has 1 atom stereocenters. The molecule has 4 heteroatoms. The lowest BCUT2D eigenvalue weighted by molar-refractivity contribution is 0.531. The van der Waals surface area contributed by atoms with Gasteiger partial charge in [0.25, 0.3) is 0 Å². The Balaban J connectivity index is 2.62. The monoisotopic (exact) mass is 199 g/mol. The smallest absolute Gasteiger partial charge is 0.213 e. The SMILES string of the molecule is CC(Cl)c1nc2cc(F)ccc2o1. The summed E-state index contributed by atoms with van der Waals surface area (Å²) in [6.07, 6.45) is 0. The Labute approximate surface area is 79.3 Å². The molecule has 2 aromatic rings. The molecule has 2 rings (SSSR count). The molecular weight excluding hydrogens is 193 g/mol. The fraction of sp³-hybridized carbons (Fsp3) is 0.222. The van der Waals surface area contributed by atoms with Crippen LogP contribution in [0.4, 0.5) is 4.39 Å². The molecule has 0 aliphatic rings. The van der Waals surface area contributed by atoms with Gasteiger partial charge in [-0.1, -0.05) is 0 Å². The number of hydrogen-bond acceptors (Lipinski definition) is 2. The predicted octanol–water partition coefficient (Wildman–Crippen LogP) is 3.27. The molecule has 0 saturated heterocycles. The van der Waals surface area contributed by atoms with Crippen molar-refractivity contribution in [3.63, 3.8) is 0 Å². The van der Waals surface area contributed by atoms with Crippen molar-refractivity contribution in [2.24, 2.45) is 0 Å². The van der Waals surface area contributed by atoms with E-state index in [-0.39, 0.29) is 11.2 Å². The van der Waals surface area contributed by atoms with E-state index in [9.17, 15) is 4.39 Å². The number of alkyl halides is 1. The molecule has 1 unspecified atom stereocenters. The van der Waals surface area contributed by atoms with Gasteiger partial charge in [0.15, 0.2) is 5.58 Å². The maximum Gasteiger partial charge on any atom is 0.213 e. The second-order valence-corrected chi connectivity index (χ2v) is 3.43. The highest BCUT2D eigenvalue weighted by Crippen LogP contribution is 2.23. The van der Waals surface area contributed by atoms with Crippen LogP contribution < -0.4 is 0 Å². The van der Waals surface area contributed by atoms with Gasteiger partial charge in [0.2, 0.25) is 5.89 Å². The van der Waals surface area contributed by atoms with Crippen molar-refractivity contribution in [2.75, 3.05) is 0 Å². The van der Waals surface area contributed by atoms with Crippen molar-refractivity contribution in [1.29, 1.82) is 0 Å². The van der Waals surface area contributed by atoms with E-state index < -0.39 is 0 Å². The van der Waals surface area contributed by atoms with Gasteiger partial charge in [-0.3, -0.25) is 0 Å². The van der Waals surface area contributed by atoms with Crippen LogP contribution in [0, 0.1) is 5.82 Å². The Hall–Kier alpha value is -1.09. The molecule has 0 fully saturated rings. The van der Waals surface area contributed by atoms with Gasteiger partial charge in [-0.2, -0.15) is 0 Å². The summed E-state index contributed by atoms with van der Waals surface area (Å²) in [5.41, 5.74) is 1.06. The van der Waals surface area contributed by atoms with Crippen molar-refractivity contribution in [3.05, 3.63) is 29.9 Å². The summed E-state index contributed by atoms with van der Waals surface area (Å²) in [4.78, 5) is 4.03. The van der Waals surface area contributed by atoms with Crippen LogP contribution in [0.25, 0.3) is 11.1 Å². The van der Waals surface area contributed by atoms with E-state index in [1.807, 2.05) is 0 Å². The standard InChI is InChI=1S/C9H7ClFNO/c1-5(10)9-12-7-4-6(11)2-3-8(7)13-9/h2-5H,1H3. The van der Waals surface area contributed by atoms with Gasteiger partial charge in [-0.15, -0.1) is 11.6 Å². The highest BCUT2D eigenvalue weighted by molar-refractivity contribution is 6.20. The van der Waals surface area contributed by atoms with Crippen LogP contribution in [0.5, 0.6) is 0 Å². The summed E-state index contributed by atoms with van der Waals surface area (Å²) in [5.74, 6) is 0.0943. The first kappa shape index (κ1) is 8.51. The third kappa shape index (κ3) is 1.52. The quantitative estimate of drug-likeness (QED) is 0.659. The van der Waals surface area contributed by atoms with Crippen molar-refractivity contribution in [3.8, 4) is 0 Å². The van der Waals surface area contributed by atoms with E-state index in [4.69, 9.17) is 16.0 Å². The van der Waals surface area contributed by atoms with Crippen LogP contribution in [0.15, 0.2) is 22.6 Å². The van der Waals surface area contributed by atoms with Gasteiger partial charge in [-0.25, -0.2) is 9.37 Å². The number of oxazole rings is 1. The summed E-state index contributed by atoms with van der Waals surface area (Å²) in [5, 5.41) is -0.296. The Morgan fingerprint density at radius 2 is 2.31 bits per heavy atom. The summed E-state index contributed by atoms with van der Waals surface area (Å²) in [6.45, 7) is 1.75. The second kappa shape index (κ2) is 3.00. The molecule has 0 radical (unpaired) electrons. The van der Waals surface area contributed by atoms with Crippen LogP contribution in [0.1, 0.15) is 18.2 Å². The highest BCUT2D eigenvalue weighted by Gasteiger charge is 2.10. The van der Waals surface area contributed by atoms with E-state index in [0.717, 1.165) is 0 Å². The van der Waals surface area contributed by atoms with Crippen molar-refractivity contribution in [1.82, 2.24) is 4.98 Å². The average molecular weight is 200 g/mol. The Bertz CT molecular complexity index is 438. The number of aromatic nitrogens is 1. The lowest BCUT2D eigenvalue weighted by Crippen LogP contribution is -1.81. The highest BCUT2D eigenvalue weighted by atomic mass is 35.5. The number of fused-ring (bicyclic) bond motifs is 1. The Morgan fingerprint density at radius 3 is 3.00 bits per heavy atom. The molecule has 0 saturated carbocycles. The minimum Gasteiger partial charge on any atom is -0.439 e. The molecule has 68 valence electrons. The van der Waals surface area contributed by atoms with Gasteiger partial charge in [0, 0.05) is 6.07 Å². The maximum atomic E-state index is 12.7. The first-order chi connectivity index (χ1) is 6.16. The van der Waals surface area contributed by atoms with Gasteiger partial charge in [0.05, 0.1) is 0 Å². The van der Waals surface area contributed by atoms with Crippen LogP contribution in [0.2, 0.25) is 0 Å². The van der Waals surface area contributed by atoms with Gasteiger partial charge < -0.3 is 4.42 Å². The molecule has 13 heavy (non-hydrogen) atoms. The Kier molecular flexibility index (Phi) is 1.96. The molecule has 0 N–H and O–H groups in total. The van der Waals surface area contributed by atoms with Crippen LogP contribution in [-0.4, -0.2) is 4.98 Å². The van der Waals surface area contributed by atoms with Crippen LogP contribution in [0.3, 0.4) is 0 Å². The molecule has 1 aromatic heterocycles. The predicted molar refractivity (Wildman–Crippen MR) is 48.2 cm³/mol. The largest absolute Gasteiger partial charge is 0.439 e. The zero-order chi connectivity index (χ0) is 9.42. The molecule has 0 bridgehead atoms. The lowest BCUT2D eigenvalue weighted by atomic mass is 10.3. The average Bonchev–Trinajstić information content (AvgIpc) is 2.46. The molecule has 0 amide bonds. The number of halogens is 2. The molecule has 0 aliphatic carbocycles. The zero-order valence-corrected chi connectivity index (χ0v) is 7.68. The van der Waals surface area contributed by atoms with Crippen LogP contribution >= 0.6 is 11.6 Å². The fourth-order valence-corrected chi connectivity index (χ4v) is 1.18. The molecule has 2 nitrogen and oxygen atoms in total. The number of nitrogens with zero attached hydrogens (tertiary/aromatic N) is 1. The van der Waals surface area contributed by atoms with Crippen LogP contribution in [-0.2, 0) is 0 Å². The minimum absolute atomic E-state index is 0.296. The topological polar surface area (TPSA) is 26.0 Å². The zero-order valence-electron chi connectivity index (χ0n) is 6.92. The van der Waals surface area contributed by atoms with E-state index in [1.54, 1.807) is 13.0 Å². The molecule has 1 heterocycles. The minimum atomic E-state index is -0.324. The van der Waals surface area contributed by atoms with Crippen molar-refractivity contribution < 1.29 is 8.81 Å². The molecular formula is C9H7ClFNO. The van der Waals surface area contributed by atoms with E-state index in [0.29, 0.717) is 17.0 Å². The number of benzene rings is 1. The van der Waals surface area contributed by atoms with E-state index in [2.05, 4.69) is 4.98 Å². The van der Waals surface area contributed by atoms with Crippen molar-refractivity contribution in [2.45, 2.75) is 12.3 Å². The van der Waals surface area contributed by atoms with Crippen molar-refractivity contribution >= 4 is 22.7 Å². The fourth-order valence-electron chi connectivity index (χ4n) is 1.09. The van der Waals surface area contributed by atoms with Gasteiger partial charge in [-0.05, 0) is 19.1 Å². The Morgan fingerprint density at radius 1 is 1.54 bits per heavy atom. The first-order valence-electron chi connectivity index (χ1n) is 3.87.